The van der Waals surface area contributed by atoms with Crippen LogP contribution in [-0.4, -0.2) is 113 Å². The van der Waals surface area contributed by atoms with Gasteiger partial charge in [0.15, 0.2) is 11.5 Å². The highest BCUT2D eigenvalue weighted by atomic mass is 131. The zero-order chi connectivity index (χ0) is 107. The van der Waals surface area contributed by atoms with Crippen LogP contribution in [0.25, 0.3) is 0 Å². The zero-order valence-electron chi connectivity index (χ0n) is 82.2. The summed E-state index contributed by atoms with van der Waals surface area (Å²) in [6, 6.07) is 61.2. The Labute approximate surface area is 992 Å². The molecule has 21 N–H and O–H groups in total. The SMILES string of the molecule is CC(=N)CCCc1cc(O)cc([131I])c1.CC(=N)CCCc1cc(O)ccc1[131I].CC(=N)CCCc1cc([131I])cc(O)c1O.CC(=N)CCCc1cc([131I])cc([131I])c1O.CC(=N)CCCc1cccc([131I])c1.CC(=N)CCCc1ccccc1[131I].CC(=N)CC[C@H](O)c1cc(O)cc([131I])c1.CC(=N)CC[C@H](O)c1ccc([131I])c(O)c1.CC(=N)CC[C@H](O)c1ccc([131I])cc1.CC(=N)CC[C@H](O)c1cccc([131I])c1. The maximum atomic E-state index is 9.82. The van der Waals surface area contributed by atoms with E-state index in [1.165, 1.54) is 37.0 Å². The number of rotatable bonds is 40. The molecular formula is C110H139I11N10O11. The minimum absolute atomic E-state index is 0.0296. The molecule has 10 aromatic carbocycles. The van der Waals surface area contributed by atoms with Gasteiger partial charge in [0.2, 0.25) is 0 Å². The molecule has 0 aliphatic rings. The van der Waals surface area contributed by atoms with Crippen LogP contribution in [0.1, 0.15) is 278 Å². The highest BCUT2D eigenvalue weighted by molar-refractivity contribution is 14.1. The van der Waals surface area contributed by atoms with Gasteiger partial charge in [0.05, 0.1) is 31.6 Å². The lowest BCUT2D eigenvalue weighted by molar-refractivity contribution is 0.169. The van der Waals surface area contributed by atoms with Crippen LogP contribution < -0.4 is 0 Å². The Morgan fingerprint density at radius 1 is 0.218 bits per heavy atom. The summed E-state index contributed by atoms with van der Waals surface area (Å²) < 4.78 is 11.8. The van der Waals surface area contributed by atoms with Crippen LogP contribution in [0.2, 0.25) is 0 Å². The van der Waals surface area contributed by atoms with Crippen LogP contribution in [-0.2, 0) is 38.5 Å². The number of hydrogen-bond donors (Lipinski definition) is 21. The summed E-state index contributed by atoms with van der Waals surface area (Å²) in [6.07, 6.45) is 19.2. The minimum atomic E-state index is -0.606. The standard InChI is InChI=1S/C11H13I2NO.3C11H14INO2.4C11H14INO.2C11H14IN/c1-7(14)3-2-4-8-5-9(12)6-10(13)11(8)15;1-7(13)2-5-10(14)8-3-4-9(12)11(15)6-8;1-7(13)2-3-11(15)8-4-9(12)6-10(14)5-8;1-7(13)3-2-4-8-5-9(12)6-10(14)11(8)15;1-8(13)2-7-11(14)9-3-5-10(12)6-4-9;1-8(13)3-2-4-9-5-10(12)7-11(14)6-9;1-8(13)5-6-11(14)9-3-2-4-10(12)7-9;1-8(13)3-2-4-9-7-10(14)5-6-11(9)12;1-9(13)4-2-5-10-6-3-7-11(12)8-10;1-9(13)5-4-7-10-6-2-3-8-11(10)12/h5-6,14-15H,2-4H2,1H3;3-4,6,10,13-15H,2,5H2,1H3;4-6,11,13-15H,2-3H2,1H3;5-6,13-15H,2-4H2,1H3;3-6,11,13-14H,2,7H2,1H3;5-7,13-14H,2-4H2,1H3;2-4,7,11,13-14H,5-6H2,1H3;5-7,13-14H,2-4H2,1H3;3,6-8,13H,2,4-5H2,1H3;2-3,6,8,13H,4-5,7H2,1H3/t;10-;11-;;11-;;11-;;;/m.00.0.0.../s1/i12+4,13+4;9*12+4. The van der Waals surface area contributed by atoms with E-state index in [1.54, 1.807) is 89.2 Å². The minimum Gasteiger partial charge on any atom is -0.508 e. The molecule has 142 heavy (non-hydrogen) atoms. The van der Waals surface area contributed by atoms with E-state index in [9.17, 15) is 56.2 Å². The van der Waals surface area contributed by atoms with Crippen molar-refractivity contribution in [3.63, 3.8) is 0 Å². The number of aromatic hydroxyl groups is 7. The van der Waals surface area contributed by atoms with Crippen molar-refractivity contribution in [2.24, 2.45) is 0 Å². The van der Waals surface area contributed by atoms with E-state index in [4.69, 9.17) is 54.1 Å². The fourth-order valence-corrected chi connectivity index (χ4v) is 20.0. The predicted octanol–water partition coefficient (Wildman–Crippen LogP) is 33.0. The van der Waals surface area contributed by atoms with E-state index >= 15 is 0 Å². The fraction of sp³-hybridized carbons (Fsp3) is 0.364. The molecule has 0 spiro atoms. The smallest absolute Gasteiger partial charge is 0.160 e. The van der Waals surface area contributed by atoms with E-state index < -0.39 is 24.4 Å². The third-order valence-electron chi connectivity index (χ3n) is 20.4. The van der Waals surface area contributed by atoms with Crippen molar-refractivity contribution in [2.75, 3.05) is 0 Å². The van der Waals surface area contributed by atoms with Gasteiger partial charge < -0.3 is 110 Å². The molecule has 0 aromatic heterocycles. The molecule has 0 saturated heterocycles. The highest BCUT2D eigenvalue weighted by Crippen LogP contribution is 2.35. The van der Waals surface area contributed by atoms with Gasteiger partial charge in [-0.25, -0.2) is 0 Å². The first kappa shape index (κ1) is 135. The number of hydrogen-bond acceptors (Lipinski definition) is 21. The van der Waals surface area contributed by atoms with Crippen LogP contribution in [0, 0.1) is 93.4 Å². The number of nitrogens with one attached hydrogen (secondary N) is 10. The molecule has 0 aliphatic carbocycles. The number of aryl methyl sites for hydroxylation is 6. The second-order valence-electron chi connectivity index (χ2n) is 34.3. The summed E-state index contributed by atoms with van der Waals surface area (Å²) in [4.78, 5) is 0. The van der Waals surface area contributed by atoms with Crippen LogP contribution in [0.15, 0.2) is 194 Å². The Hall–Kier alpha value is -4.63. The molecular weight excluding hydrogens is 3080 g/mol. The summed E-state index contributed by atoms with van der Waals surface area (Å²) in [6.45, 7) is 18.0. The van der Waals surface area contributed by atoms with Gasteiger partial charge in [-0.15, -0.1) is 0 Å². The summed E-state index contributed by atoms with van der Waals surface area (Å²) >= 11 is 24.2. The molecule has 0 bridgehead atoms. The monoisotopic (exact) mass is 3220 g/mol. The van der Waals surface area contributed by atoms with Gasteiger partial charge in [0.25, 0.3) is 0 Å². The van der Waals surface area contributed by atoms with Gasteiger partial charge in [0.1, 0.15) is 28.7 Å². The number of benzene rings is 10. The van der Waals surface area contributed by atoms with Gasteiger partial charge in [0, 0.05) is 89.2 Å². The summed E-state index contributed by atoms with van der Waals surface area (Å²) in [5, 5.41) is 178. The molecule has 0 radical (unpaired) electrons. The molecule has 0 saturated carbocycles. The number of aliphatic hydroxyl groups excluding tert-OH is 4. The van der Waals surface area contributed by atoms with Gasteiger partial charge in [-0.05, 0) is 674 Å². The zero-order valence-corrected chi connectivity index (χ0v) is 106. The lowest BCUT2D eigenvalue weighted by atomic mass is 10.0. The Kier molecular flexibility index (Phi) is 74.0. The van der Waals surface area contributed by atoms with Crippen LogP contribution in [0.5, 0.6) is 40.2 Å². The van der Waals surface area contributed by atoms with Crippen molar-refractivity contribution in [2.45, 2.75) is 261 Å². The average Bonchev–Trinajstić information content (AvgIpc) is 0.852. The molecule has 0 aliphatic heterocycles. The van der Waals surface area contributed by atoms with Crippen LogP contribution in [0.3, 0.4) is 0 Å². The van der Waals surface area contributed by atoms with E-state index in [2.05, 4.69) is 281 Å². The topological polar surface area (TPSA) is 461 Å². The summed E-state index contributed by atoms with van der Waals surface area (Å²) in [7, 11) is 0. The summed E-state index contributed by atoms with van der Waals surface area (Å²) in [5.41, 5.74) is 16.9. The molecule has 0 heterocycles. The second kappa shape index (κ2) is 77.7. The molecule has 10 rings (SSSR count). The van der Waals surface area contributed by atoms with E-state index in [1.807, 2.05) is 136 Å². The summed E-state index contributed by atoms with van der Waals surface area (Å²) in [5.74, 6) is 1.33. The average molecular weight is 3220 g/mol. The van der Waals surface area contributed by atoms with Crippen molar-refractivity contribution in [1.29, 1.82) is 54.1 Å². The van der Waals surface area contributed by atoms with Crippen molar-refractivity contribution in [3.05, 3.63) is 289 Å². The maximum Gasteiger partial charge on any atom is 0.160 e. The van der Waals surface area contributed by atoms with Gasteiger partial charge >= 0.3 is 0 Å². The van der Waals surface area contributed by atoms with Crippen molar-refractivity contribution in [1.82, 2.24) is 0 Å². The van der Waals surface area contributed by atoms with Gasteiger partial charge in [-0.1, -0.05) is 60.7 Å². The third kappa shape index (κ3) is 67.4. The fourth-order valence-electron chi connectivity index (χ4n) is 12.9. The molecule has 772 valence electrons. The Morgan fingerprint density at radius 3 is 1.00 bits per heavy atom. The number of phenolic OH excluding ortho intramolecular Hbond substituents is 7. The normalized spacial score (nSPS) is 11.1. The van der Waals surface area contributed by atoms with Crippen LogP contribution in [0.4, 0.5) is 0 Å². The Balaban J connectivity index is 0.000000789. The molecule has 10 aromatic rings. The molecule has 0 unspecified atom stereocenters. The first-order chi connectivity index (χ1) is 66.7. The first-order valence-electron chi connectivity index (χ1n) is 46.2. The van der Waals surface area contributed by atoms with Crippen molar-refractivity contribution < 1.29 is 56.2 Å². The largest absolute Gasteiger partial charge is 0.508 e. The number of halogens is 11. The van der Waals surface area contributed by atoms with E-state index in [-0.39, 0.29) is 23.0 Å². The first-order valence-corrected chi connectivity index (χ1v) is 58.0. The highest BCUT2D eigenvalue weighted by Gasteiger charge is 2.16. The lowest BCUT2D eigenvalue weighted by Crippen LogP contribution is -2.00. The number of aliphatic hydroxyl groups is 4. The Morgan fingerprint density at radius 2 is 0.563 bits per heavy atom. The quantitative estimate of drug-likeness (QED) is 0.00972. The van der Waals surface area contributed by atoms with E-state index in [0.717, 1.165) is 185 Å². The van der Waals surface area contributed by atoms with Gasteiger partial charge in [-0.2, -0.15) is 0 Å². The third-order valence-corrected chi connectivity index (χ3v) is 28.8. The lowest BCUT2D eigenvalue weighted by Gasteiger charge is -2.11. The van der Waals surface area contributed by atoms with Crippen LogP contribution >= 0.6 is 248 Å². The second-order valence-corrected chi connectivity index (χ2v) is 47.7. The maximum absolute atomic E-state index is 9.82. The number of phenols is 7. The molecule has 4 atom stereocenters. The van der Waals surface area contributed by atoms with E-state index in [0.29, 0.717) is 120 Å². The van der Waals surface area contributed by atoms with Crippen molar-refractivity contribution in [3.8, 4) is 40.2 Å². The molecule has 21 nitrogen and oxygen atoms in total. The van der Waals surface area contributed by atoms with Gasteiger partial charge in [-0.3, -0.25) is 0 Å². The predicted molar refractivity (Wildman–Crippen MR) is 684 cm³/mol. The Bertz CT molecular complexity index is 5520. The molecule has 32 heteroatoms. The molecule has 0 fully saturated rings. The van der Waals surface area contributed by atoms with Crippen molar-refractivity contribution >= 4 is 306 Å². The molecule has 0 amide bonds.